The quantitative estimate of drug-likeness (QED) is 0.714. The number of nitrogens with one attached hydrogen (secondary N) is 1. The Morgan fingerprint density at radius 2 is 1.97 bits per heavy atom. The maximum Gasteiger partial charge on any atom is 0.266 e. The first-order valence-electron chi connectivity index (χ1n) is 9.76. The number of nitrogens with zero attached hydrogens (tertiary/aromatic N) is 3. The number of hydrogen-bond donors (Lipinski definition) is 1. The van der Waals surface area contributed by atoms with Crippen LogP contribution in [0.15, 0.2) is 47.3 Å². The summed E-state index contributed by atoms with van der Waals surface area (Å²) in [6.07, 6.45) is 0.901. The summed E-state index contributed by atoms with van der Waals surface area (Å²) in [5.41, 5.74) is 1.41. The Morgan fingerprint density at radius 1 is 1.17 bits per heavy atom. The molecule has 1 aromatic carbocycles. The van der Waals surface area contributed by atoms with Gasteiger partial charge in [-0.05, 0) is 12.5 Å². The van der Waals surface area contributed by atoms with Gasteiger partial charge in [-0.15, -0.1) is 0 Å². The first-order chi connectivity index (χ1) is 14.1. The van der Waals surface area contributed by atoms with Gasteiger partial charge in [-0.2, -0.15) is 5.10 Å². The molecule has 8 nitrogen and oxygen atoms in total. The lowest BCUT2D eigenvalue weighted by Gasteiger charge is -2.31. The van der Waals surface area contributed by atoms with E-state index in [4.69, 9.17) is 4.74 Å². The zero-order valence-corrected chi connectivity index (χ0v) is 16.5. The zero-order valence-electron chi connectivity index (χ0n) is 16.5. The van der Waals surface area contributed by atoms with Crippen LogP contribution in [0.5, 0.6) is 0 Å². The minimum Gasteiger partial charge on any atom is -0.383 e. The minimum atomic E-state index is -0.245. The number of aromatic nitrogens is 2. The fourth-order valence-corrected chi connectivity index (χ4v) is 3.35. The number of carbonyl (C=O) groups is 2. The van der Waals surface area contributed by atoms with E-state index in [1.165, 1.54) is 10.7 Å². The van der Waals surface area contributed by atoms with Gasteiger partial charge in [0.05, 0.1) is 24.8 Å². The van der Waals surface area contributed by atoms with E-state index in [9.17, 15) is 14.4 Å². The number of amides is 2. The summed E-state index contributed by atoms with van der Waals surface area (Å²) >= 11 is 0. The number of rotatable bonds is 8. The summed E-state index contributed by atoms with van der Waals surface area (Å²) in [4.78, 5) is 38.2. The maximum atomic E-state index is 12.5. The number of benzene rings is 1. The first-order valence-corrected chi connectivity index (χ1v) is 9.76. The van der Waals surface area contributed by atoms with Crippen molar-refractivity contribution in [2.75, 3.05) is 33.4 Å². The normalized spacial score (nSPS) is 16.7. The maximum absolute atomic E-state index is 12.5. The Kier molecular flexibility index (Phi) is 7.13. The first kappa shape index (κ1) is 20.7. The molecule has 1 aromatic heterocycles. The van der Waals surface area contributed by atoms with Crippen LogP contribution in [0.25, 0.3) is 11.3 Å². The molecule has 3 rings (SSSR count). The standard InChI is InChI=1S/C21H26N4O4/c1-29-14-13-24-15-17(7-9-19(24)26)21(28)22-11-12-25-20(27)10-8-18(23-25)16-5-3-2-4-6-16/h2-6,8,10,17H,7,9,11-15H2,1H3,(H,22,28)/t17-/m1/s1. The van der Waals surface area contributed by atoms with Crippen molar-refractivity contribution in [3.8, 4) is 11.3 Å². The van der Waals surface area contributed by atoms with Gasteiger partial charge >= 0.3 is 0 Å². The van der Waals surface area contributed by atoms with Crippen LogP contribution >= 0.6 is 0 Å². The van der Waals surface area contributed by atoms with Gasteiger partial charge in [0.25, 0.3) is 5.56 Å². The third kappa shape index (κ3) is 5.51. The van der Waals surface area contributed by atoms with Gasteiger partial charge in [-0.25, -0.2) is 4.68 Å². The van der Waals surface area contributed by atoms with E-state index in [-0.39, 0.29) is 29.8 Å². The van der Waals surface area contributed by atoms with Gasteiger partial charge in [0, 0.05) is 44.8 Å². The van der Waals surface area contributed by atoms with E-state index in [1.54, 1.807) is 18.1 Å². The Morgan fingerprint density at radius 3 is 2.72 bits per heavy atom. The molecule has 2 aromatic rings. The Balaban J connectivity index is 1.55. The summed E-state index contributed by atoms with van der Waals surface area (Å²) < 4.78 is 6.38. The van der Waals surface area contributed by atoms with Gasteiger partial charge in [-0.3, -0.25) is 14.4 Å². The topological polar surface area (TPSA) is 93.5 Å². The van der Waals surface area contributed by atoms with Crippen molar-refractivity contribution in [1.29, 1.82) is 0 Å². The SMILES string of the molecule is COCCN1C[C@H](C(=O)NCCn2nc(-c3ccccc3)ccc2=O)CCC1=O. The number of likely N-dealkylation sites (tertiary alicyclic amines) is 1. The molecule has 1 aliphatic rings. The molecule has 0 radical (unpaired) electrons. The molecule has 2 amide bonds. The molecule has 154 valence electrons. The van der Waals surface area contributed by atoms with Gasteiger partial charge in [0.1, 0.15) is 0 Å². The van der Waals surface area contributed by atoms with E-state index >= 15 is 0 Å². The van der Waals surface area contributed by atoms with Crippen LogP contribution in [0.1, 0.15) is 12.8 Å². The molecule has 0 aliphatic carbocycles. The van der Waals surface area contributed by atoms with Crippen molar-refractivity contribution >= 4 is 11.8 Å². The molecular weight excluding hydrogens is 372 g/mol. The Bertz CT molecular complexity index is 897. The monoisotopic (exact) mass is 398 g/mol. The number of ether oxygens (including phenoxy) is 1. The van der Waals surface area contributed by atoms with Crippen molar-refractivity contribution in [2.45, 2.75) is 19.4 Å². The summed E-state index contributed by atoms with van der Waals surface area (Å²) in [6.45, 7) is 1.92. The fourth-order valence-electron chi connectivity index (χ4n) is 3.35. The van der Waals surface area contributed by atoms with E-state index < -0.39 is 0 Å². The van der Waals surface area contributed by atoms with E-state index in [0.717, 1.165) is 5.56 Å². The molecule has 0 unspecified atom stereocenters. The third-order valence-corrected chi connectivity index (χ3v) is 5.00. The highest BCUT2D eigenvalue weighted by molar-refractivity contribution is 5.83. The predicted octanol–water partition coefficient (Wildman–Crippen LogP) is 0.912. The Labute approximate surface area is 169 Å². The van der Waals surface area contributed by atoms with Crippen LogP contribution in [0.3, 0.4) is 0 Å². The Hall–Kier alpha value is -3.00. The van der Waals surface area contributed by atoms with Crippen LogP contribution in [0, 0.1) is 5.92 Å². The van der Waals surface area contributed by atoms with Crippen LogP contribution < -0.4 is 10.9 Å². The number of hydrogen-bond acceptors (Lipinski definition) is 5. The van der Waals surface area contributed by atoms with Crippen molar-refractivity contribution in [3.63, 3.8) is 0 Å². The molecule has 1 N–H and O–H groups in total. The molecule has 0 saturated carbocycles. The second-order valence-electron chi connectivity index (χ2n) is 7.01. The highest BCUT2D eigenvalue weighted by atomic mass is 16.5. The van der Waals surface area contributed by atoms with Crippen molar-refractivity contribution in [3.05, 3.63) is 52.8 Å². The smallest absolute Gasteiger partial charge is 0.266 e. The van der Waals surface area contributed by atoms with Gasteiger partial charge < -0.3 is 15.0 Å². The number of carbonyl (C=O) groups excluding carboxylic acids is 2. The lowest BCUT2D eigenvalue weighted by Crippen LogP contribution is -2.47. The average Bonchev–Trinajstić information content (AvgIpc) is 2.75. The fraction of sp³-hybridized carbons (Fsp3) is 0.429. The largest absolute Gasteiger partial charge is 0.383 e. The van der Waals surface area contributed by atoms with Gasteiger partial charge in [0.2, 0.25) is 11.8 Å². The summed E-state index contributed by atoms with van der Waals surface area (Å²) in [5, 5.41) is 7.26. The van der Waals surface area contributed by atoms with Gasteiger partial charge in [0.15, 0.2) is 0 Å². The molecule has 1 saturated heterocycles. The lowest BCUT2D eigenvalue weighted by atomic mass is 9.96. The highest BCUT2D eigenvalue weighted by Gasteiger charge is 2.29. The molecule has 1 atom stereocenters. The van der Waals surface area contributed by atoms with E-state index in [2.05, 4.69) is 10.4 Å². The average molecular weight is 398 g/mol. The summed E-state index contributed by atoms with van der Waals surface area (Å²) in [5.74, 6) is -0.295. The van der Waals surface area contributed by atoms with E-state index in [0.29, 0.717) is 44.8 Å². The molecule has 0 bridgehead atoms. The zero-order chi connectivity index (χ0) is 20.6. The lowest BCUT2D eigenvalue weighted by molar-refractivity contribution is -0.138. The van der Waals surface area contributed by atoms with Crippen molar-refractivity contribution in [2.24, 2.45) is 5.92 Å². The van der Waals surface area contributed by atoms with Crippen LogP contribution in [-0.2, 0) is 20.9 Å². The van der Waals surface area contributed by atoms with Gasteiger partial charge in [-0.1, -0.05) is 30.3 Å². The minimum absolute atomic E-state index is 0.0552. The third-order valence-electron chi connectivity index (χ3n) is 5.00. The molecular formula is C21H26N4O4. The number of methoxy groups -OCH3 is 1. The van der Waals surface area contributed by atoms with Crippen molar-refractivity contribution in [1.82, 2.24) is 20.0 Å². The predicted molar refractivity (Wildman–Crippen MR) is 108 cm³/mol. The highest BCUT2D eigenvalue weighted by Crippen LogP contribution is 2.17. The second kappa shape index (κ2) is 9.97. The van der Waals surface area contributed by atoms with Crippen LogP contribution in [-0.4, -0.2) is 59.8 Å². The number of piperidine rings is 1. The van der Waals surface area contributed by atoms with Crippen molar-refractivity contribution < 1.29 is 14.3 Å². The molecule has 1 aliphatic heterocycles. The summed E-state index contributed by atoms with van der Waals surface area (Å²) in [7, 11) is 1.58. The molecule has 0 spiro atoms. The van der Waals surface area contributed by atoms with Crippen LogP contribution in [0.2, 0.25) is 0 Å². The summed E-state index contributed by atoms with van der Waals surface area (Å²) in [6, 6.07) is 12.8. The molecule has 29 heavy (non-hydrogen) atoms. The van der Waals surface area contributed by atoms with E-state index in [1.807, 2.05) is 30.3 Å². The van der Waals surface area contributed by atoms with Crippen LogP contribution in [0.4, 0.5) is 0 Å². The molecule has 2 heterocycles. The molecule has 1 fully saturated rings. The molecule has 8 heteroatoms. The second-order valence-corrected chi connectivity index (χ2v) is 7.01.